The molecular formula is C21H19N3O2S. The Balaban J connectivity index is 1.59. The molecule has 2 amide bonds. The van der Waals surface area contributed by atoms with Crippen LogP contribution in [0.25, 0.3) is 5.70 Å². The Morgan fingerprint density at radius 1 is 1.15 bits per heavy atom. The number of nitrogens with zero attached hydrogens (tertiary/aromatic N) is 2. The molecule has 136 valence electrons. The summed E-state index contributed by atoms with van der Waals surface area (Å²) in [7, 11) is 0. The second kappa shape index (κ2) is 8.56. The summed E-state index contributed by atoms with van der Waals surface area (Å²) in [6.07, 6.45) is 0.628. The van der Waals surface area contributed by atoms with E-state index in [4.69, 9.17) is 5.26 Å². The van der Waals surface area contributed by atoms with Crippen molar-refractivity contribution in [3.05, 3.63) is 66.2 Å². The van der Waals surface area contributed by atoms with Crippen LogP contribution in [0, 0.1) is 11.3 Å². The number of fused-ring (bicyclic) bond motifs is 1. The molecule has 0 unspecified atom stereocenters. The van der Waals surface area contributed by atoms with E-state index in [1.807, 2.05) is 42.5 Å². The molecule has 1 aliphatic rings. The van der Waals surface area contributed by atoms with Gasteiger partial charge in [0.15, 0.2) is 0 Å². The Bertz CT molecular complexity index is 898. The van der Waals surface area contributed by atoms with Gasteiger partial charge in [0, 0.05) is 46.9 Å². The van der Waals surface area contributed by atoms with Gasteiger partial charge in [0.05, 0.1) is 11.8 Å². The molecule has 2 aromatic carbocycles. The molecule has 0 bridgehead atoms. The second-order valence-corrected chi connectivity index (χ2v) is 7.14. The third kappa shape index (κ3) is 4.21. The summed E-state index contributed by atoms with van der Waals surface area (Å²) >= 11 is 1.53. The number of benzene rings is 2. The van der Waals surface area contributed by atoms with Crippen molar-refractivity contribution in [3.8, 4) is 6.07 Å². The highest BCUT2D eigenvalue weighted by Crippen LogP contribution is 2.31. The summed E-state index contributed by atoms with van der Waals surface area (Å²) in [5, 5.41) is 11.6. The maximum atomic E-state index is 12.5. The van der Waals surface area contributed by atoms with E-state index in [1.54, 1.807) is 11.0 Å². The smallest absolute Gasteiger partial charge is 0.258 e. The first-order valence-electron chi connectivity index (χ1n) is 8.60. The van der Waals surface area contributed by atoms with Gasteiger partial charge in [0.25, 0.3) is 5.91 Å². The Morgan fingerprint density at radius 3 is 2.59 bits per heavy atom. The maximum absolute atomic E-state index is 12.5. The number of carbonyl (C=O) groups is 2. The highest BCUT2D eigenvalue weighted by Gasteiger charge is 2.30. The predicted octanol–water partition coefficient (Wildman–Crippen LogP) is 4.15. The lowest BCUT2D eigenvalue weighted by Gasteiger charge is -2.17. The van der Waals surface area contributed by atoms with Gasteiger partial charge < -0.3 is 10.2 Å². The minimum absolute atomic E-state index is 0.115. The summed E-state index contributed by atoms with van der Waals surface area (Å²) in [5.41, 5.74) is 2.81. The van der Waals surface area contributed by atoms with E-state index in [9.17, 15) is 9.59 Å². The van der Waals surface area contributed by atoms with Crippen molar-refractivity contribution < 1.29 is 9.59 Å². The van der Waals surface area contributed by atoms with E-state index >= 15 is 0 Å². The lowest BCUT2D eigenvalue weighted by atomic mass is 10.1. The number of hydrogen-bond acceptors (Lipinski definition) is 4. The van der Waals surface area contributed by atoms with E-state index < -0.39 is 0 Å². The third-order valence-electron chi connectivity index (χ3n) is 4.23. The van der Waals surface area contributed by atoms with Gasteiger partial charge in [-0.1, -0.05) is 36.9 Å². The zero-order valence-electron chi connectivity index (χ0n) is 14.8. The van der Waals surface area contributed by atoms with Crippen LogP contribution in [-0.2, 0) is 4.79 Å². The van der Waals surface area contributed by atoms with E-state index in [2.05, 4.69) is 18.0 Å². The number of rotatable bonds is 7. The fourth-order valence-corrected chi connectivity index (χ4v) is 3.76. The van der Waals surface area contributed by atoms with E-state index in [0.29, 0.717) is 23.4 Å². The van der Waals surface area contributed by atoms with Crippen molar-refractivity contribution in [2.45, 2.75) is 17.7 Å². The van der Waals surface area contributed by atoms with Gasteiger partial charge in [0.2, 0.25) is 5.91 Å². The zero-order chi connectivity index (χ0) is 19.2. The largest absolute Gasteiger partial charge is 0.325 e. The topological polar surface area (TPSA) is 73.2 Å². The van der Waals surface area contributed by atoms with Crippen molar-refractivity contribution in [3.63, 3.8) is 0 Å². The van der Waals surface area contributed by atoms with Crippen LogP contribution in [-0.4, -0.2) is 29.0 Å². The summed E-state index contributed by atoms with van der Waals surface area (Å²) in [5.74, 6) is 0.389. The van der Waals surface area contributed by atoms with Gasteiger partial charge in [0.1, 0.15) is 0 Å². The Labute approximate surface area is 162 Å². The summed E-state index contributed by atoms with van der Waals surface area (Å²) in [6, 6.07) is 16.9. The minimum atomic E-state index is -0.167. The van der Waals surface area contributed by atoms with Gasteiger partial charge in [-0.2, -0.15) is 5.26 Å². The molecule has 0 saturated carbocycles. The Kier molecular flexibility index (Phi) is 5.94. The fraction of sp³-hybridized carbons (Fsp3) is 0.190. The number of thioether (sulfide) groups is 1. The zero-order valence-corrected chi connectivity index (χ0v) is 15.6. The normalized spacial score (nSPS) is 12.6. The molecule has 6 heteroatoms. The second-order valence-electron chi connectivity index (χ2n) is 6.00. The number of nitrogens with one attached hydrogen (secondary N) is 1. The number of para-hydroxylation sites is 1. The molecule has 27 heavy (non-hydrogen) atoms. The van der Waals surface area contributed by atoms with Crippen LogP contribution < -0.4 is 5.32 Å². The van der Waals surface area contributed by atoms with Crippen LogP contribution in [0.4, 0.5) is 5.69 Å². The molecule has 2 aromatic rings. The standard InChI is InChI=1S/C21H19N3O2S/c1-15-16-7-2-3-8-17(16)21(26)24(15)13-11-20(25)23-18-9-4-5-10-19(18)27-14-6-12-22/h2-5,7-10H,1,6,11,13-14H2,(H,23,25). The average molecular weight is 377 g/mol. The van der Waals surface area contributed by atoms with Crippen molar-refractivity contribution in [2.75, 3.05) is 17.6 Å². The van der Waals surface area contributed by atoms with Crippen molar-refractivity contribution in [1.29, 1.82) is 5.26 Å². The first-order chi connectivity index (χ1) is 13.1. The number of hydrogen-bond donors (Lipinski definition) is 1. The van der Waals surface area contributed by atoms with Crippen LogP contribution in [0.3, 0.4) is 0 Å². The molecule has 3 rings (SSSR count). The molecular weight excluding hydrogens is 358 g/mol. The number of amides is 2. The molecule has 0 fully saturated rings. The summed E-state index contributed by atoms with van der Waals surface area (Å²) < 4.78 is 0. The van der Waals surface area contributed by atoms with E-state index in [1.165, 1.54) is 11.8 Å². The van der Waals surface area contributed by atoms with Crippen LogP contribution in [0.5, 0.6) is 0 Å². The molecule has 0 aromatic heterocycles. The van der Waals surface area contributed by atoms with Gasteiger partial charge in [-0.3, -0.25) is 9.59 Å². The van der Waals surface area contributed by atoms with Crippen LogP contribution >= 0.6 is 11.8 Å². The maximum Gasteiger partial charge on any atom is 0.258 e. The van der Waals surface area contributed by atoms with Gasteiger partial charge in [-0.15, -0.1) is 11.8 Å². The van der Waals surface area contributed by atoms with E-state index in [-0.39, 0.29) is 24.8 Å². The molecule has 0 radical (unpaired) electrons. The van der Waals surface area contributed by atoms with Crippen molar-refractivity contribution >= 4 is 35.0 Å². The minimum Gasteiger partial charge on any atom is -0.325 e. The van der Waals surface area contributed by atoms with Crippen LogP contribution in [0.2, 0.25) is 0 Å². The molecule has 1 aliphatic heterocycles. The highest BCUT2D eigenvalue weighted by atomic mass is 32.2. The van der Waals surface area contributed by atoms with Gasteiger partial charge in [-0.05, 0) is 18.2 Å². The summed E-state index contributed by atoms with van der Waals surface area (Å²) in [6.45, 7) is 4.27. The van der Waals surface area contributed by atoms with Gasteiger partial charge in [-0.25, -0.2) is 0 Å². The quantitative estimate of drug-likeness (QED) is 0.581. The van der Waals surface area contributed by atoms with Gasteiger partial charge >= 0.3 is 0 Å². The van der Waals surface area contributed by atoms with Crippen LogP contribution in [0.1, 0.15) is 28.8 Å². The SMILES string of the molecule is C=C1c2ccccc2C(=O)N1CCC(=O)Nc1ccccc1SCCC#N. The first kappa shape index (κ1) is 18.7. The lowest BCUT2D eigenvalue weighted by molar-refractivity contribution is -0.116. The monoisotopic (exact) mass is 377 g/mol. The molecule has 0 saturated heterocycles. The molecule has 0 spiro atoms. The number of carbonyl (C=O) groups excluding carboxylic acids is 2. The molecule has 1 N–H and O–H groups in total. The average Bonchev–Trinajstić information content (AvgIpc) is 2.92. The molecule has 0 atom stereocenters. The summed E-state index contributed by atoms with van der Waals surface area (Å²) in [4.78, 5) is 27.4. The third-order valence-corrected chi connectivity index (χ3v) is 5.31. The highest BCUT2D eigenvalue weighted by molar-refractivity contribution is 7.99. The lowest BCUT2D eigenvalue weighted by Crippen LogP contribution is -2.27. The van der Waals surface area contributed by atoms with Crippen molar-refractivity contribution in [2.24, 2.45) is 0 Å². The van der Waals surface area contributed by atoms with Crippen LogP contribution in [0.15, 0.2) is 60.0 Å². The number of nitriles is 1. The Hall–Kier alpha value is -3.04. The molecule has 5 nitrogen and oxygen atoms in total. The number of anilines is 1. The van der Waals surface area contributed by atoms with Crippen molar-refractivity contribution in [1.82, 2.24) is 4.90 Å². The van der Waals surface area contributed by atoms with E-state index in [0.717, 1.165) is 16.1 Å². The molecule has 1 heterocycles. The predicted molar refractivity (Wildman–Crippen MR) is 107 cm³/mol. The Morgan fingerprint density at radius 2 is 1.85 bits per heavy atom. The fourth-order valence-electron chi connectivity index (χ4n) is 2.90. The first-order valence-corrected chi connectivity index (χ1v) is 9.59. The molecule has 0 aliphatic carbocycles.